The molecule has 1 saturated heterocycles. The van der Waals surface area contributed by atoms with Crippen LogP contribution in [0.1, 0.15) is 161 Å². The Balaban J connectivity index is 1.96. The number of benzene rings is 1. The Morgan fingerprint density at radius 1 is 0.706 bits per heavy atom. The molecule has 0 bridgehead atoms. The zero-order chi connectivity index (χ0) is 36.9. The van der Waals surface area contributed by atoms with Gasteiger partial charge in [-0.15, -0.1) is 0 Å². The number of amides is 3. The van der Waals surface area contributed by atoms with Crippen LogP contribution in [0.5, 0.6) is 0 Å². The first-order valence-corrected chi connectivity index (χ1v) is 20.6. The average molecular weight is 720 g/mol. The van der Waals surface area contributed by atoms with Gasteiger partial charge in [0.15, 0.2) is 6.23 Å². The van der Waals surface area contributed by atoms with Gasteiger partial charge in [-0.25, -0.2) is 9.59 Å². The van der Waals surface area contributed by atoms with Crippen molar-refractivity contribution in [1.82, 2.24) is 15.5 Å². The molecule has 10 heteroatoms. The van der Waals surface area contributed by atoms with Crippen LogP contribution in [0.4, 0.5) is 9.59 Å². The molecule has 5 N–H and O–H groups in total. The Hall–Kier alpha value is -2.40. The fourth-order valence-corrected chi connectivity index (χ4v) is 6.80. The number of ether oxygens (including phenoxy) is 2. The molecule has 2 rings (SSSR count). The second-order valence-corrected chi connectivity index (χ2v) is 14.5. The number of rotatable bonds is 29. The van der Waals surface area contributed by atoms with E-state index in [2.05, 4.69) is 24.5 Å². The highest BCUT2D eigenvalue weighted by Crippen LogP contribution is 2.25. The van der Waals surface area contributed by atoms with Gasteiger partial charge in [-0.1, -0.05) is 173 Å². The SMILES string of the molecule is CCCCCCCCCCCCCCN(C(=O)NCCCCCCCCCCCC)[C@@H]1O[C@H](CO)[C@H](O)[C@H](O)[C@@H]1NC(=O)OCc1ccccc1. The molecule has 10 nitrogen and oxygen atoms in total. The van der Waals surface area contributed by atoms with Crippen LogP contribution in [-0.2, 0) is 16.1 Å². The van der Waals surface area contributed by atoms with Crippen LogP contribution >= 0.6 is 0 Å². The number of nitrogens with one attached hydrogen (secondary N) is 2. The minimum Gasteiger partial charge on any atom is -0.445 e. The molecule has 0 saturated carbocycles. The lowest BCUT2D eigenvalue weighted by atomic mass is 9.95. The number of hydrogen-bond acceptors (Lipinski definition) is 7. The molecule has 5 atom stereocenters. The largest absolute Gasteiger partial charge is 0.445 e. The first-order chi connectivity index (χ1) is 24.9. The predicted molar refractivity (Wildman–Crippen MR) is 204 cm³/mol. The quantitative estimate of drug-likeness (QED) is 0.0524. The Kier molecular flexibility index (Phi) is 25.5. The van der Waals surface area contributed by atoms with Crippen molar-refractivity contribution in [3.8, 4) is 0 Å². The van der Waals surface area contributed by atoms with Crippen LogP contribution in [0.15, 0.2) is 30.3 Å². The van der Waals surface area contributed by atoms with E-state index in [1.165, 1.54) is 101 Å². The van der Waals surface area contributed by atoms with Gasteiger partial charge in [0.05, 0.1) is 6.61 Å². The van der Waals surface area contributed by atoms with Crippen molar-refractivity contribution < 1.29 is 34.4 Å². The Morgan fingerprint density at radius 3 is 1.71 bits per heavy atom. The molecule has 3 amide bonds. The van der Waals surface area contributed by atoms with E-state index in [1.807, 2.05) is 30.3 Å². The summed E-state index contributed by atoms with van der Waals surface area (Å²) < 4.78 is 11.5. The van der Waals surface area contributed by atoms with Crippen molar-refractivity contribution in [3.63, 3.8) is 0 Å². The van der Waals surface area contributed by atoms with E-state index in [-0.39, 0.29) is 12.6 Å². The summed E-state index contributed by atoms with van der Waals surface area (Å²) in [5, 5.41) is 37.5. The molecule has 1 fully saturated rings. The minimum atomic E-state index is -1.50. The third kappa shape index (κ3) is 19.3. The highest BCUT2D eigenvalue weighted by molar-refractivity contribution is 5.75. The lowest BCUT2D eigenvalue weighted by Gasteiger charge is -2.46. The van der Waals surface area contributed by atoms with Crippen molar-refractivity contribution in [1.29, 1.82) is 0 Å². The van der Waals surface area contributed by atoms with Gasteiger partial charge in [0.25, 0.3) is 0 Å². The van der Waals surface area contributed by atoms with Crippen LogP contribution in [0.3, 0.4) is 0 Å². The summed E-state index contributed by atoms with van der Waals surface area (Å²) in [4.78, 5) is 28.2. The minimum absolute atomic E-state index is 0.0186. The van der Waals surface area contributed by atoms with E-state index < -0.39 is 43.3 Å². The van der Waals surface area contributed by atoms with Crippen LogP contribution in [0, 0.1) is 0 Å². The standard InChI is InChI=1S/C41H73N3O7/c1-3-5-7-9-11-13-15-16-18-20-22-27-31-44(40(48)42-30-26-21-19-17-14-12-10-8-6-4-2)39-36(38(47)37(46)35(32-45)51-39)43-41(49)50-33-34-28-24-23-25-29-34/h23-25,28-29,35-39,45-47H,3-22,26-27,30-33H2,1-2H3,(H,42,48)(H,43,49)/t35-,36+,37+,38-,39-/m1/s1. The van der Waals surface area contributed by atoms with E-state index in [9.17, 15) is 24.9 Å². The molecule has 1 aromatic rings. The maximum atomic E-state index is 13.7. The van der Waals surface area contributed by atoms with Crippen molar-refractivity contribution in [2.75, 3.05) is 19.7 Å². The molecule has 1 aliphatic heterocycles. The highest BCUT2D eigenvalue weighted by atomic mass is 16.6. The van der Waals surface area contributed by atoms with E-state index in [0.29, 0.717) is 13.1 Å². The number of alkyl carbamates (subject to hydrolysis) is 1. The monoisotopic (exact) mass is 720 g/mol. The Bertz CT molecular complexity index is 1000. The second-order valence-electron chi connectivity index (χ2n) is 14.5. The maximum absolute atomic E-state index is 13.7. The van der Waals surface area contributed by atoms with Gasteiger partial charge in [0.1, 0.15) is 31.0 Å². The number of carbonyl (C=O) groups excluding carboxylic acids is 2. The number of carbonyl (C=O) groups is 2. The summed E-state index contributed by atoms with van der Waals surface area (Å²) in [6, 6.07) is 7.70. The van der Waals surface area contributed by atoms with Gasteiger partial charge in [-0.05, 0) is 18.4 Å². The summed E-state index contributed by atoms with van der Waals surface area (Å²) in [5.74, 6) is 0. The van der Waals surface area contributed by atoms with Crippen LogP contribution in [0.25, 0.3) is 0 Å². The fraction of sp³-hybridized carbons (Fsp3) is 0.805. The van der Waals surface area contributed by atoms with Gasteiger partial charge in [-0.3, -0.25) is 4.90 Å². The van der Waals surface area contributed by atoms with Crippen molar-refractivity contribution in [2.24, 2.45) is 0 Å². The molecule has 294 valence electrons. The molecule has 0 radical (unpaired) electrons. The molecule has 0 spiro atoms. The molecular formula is C41H73N3O7. The van der Waals surface area contributed by atoms with E-state index >= 15 is 0 Å². The first kappa shape index (κ1) is 44.8. The lowest BCUT2D eigenvalue weighted by molar-refractivity contribution is -0.222. The molecule has 0 unspecified atom stereocenters. The molecule has 1 aliphatic rings. The third-order valence-corrected chi connectivity index (χ3v) is 10.0. The maximum Gasteiger partial charge on any atom is 0.407 e. The number of urea groups is 1. The normalized spacial score (nSPS) is 20.2. The Morgan fingerprint density at radius 2 is 1.20 bits per heavy atom. The smallest absolute Gasteiger partial charge is 0.407 e. The zero-order valence-electron chi connectivity index (χ0n) is 32.1. The molecule has 51 heavy (non-hydrogen) atoms. The molecular weight excluding hydrogens is 646 g/mol. The molecule has 1 heterocycles. The Labute approximate surface area is 309 Å². The molecule has 0 aliphatic carbocycles. The summed E-state index contributed by atoms with van der Waals surface area (Å²) in [5.41, 5.74) is 0.796. The van der Waals surface area contributed by atoms with Gasteiger partial charge in [0.2, 0.25) is 0 Å². The van der Waals surface area contributed by atoms with E-state index in [4.69, 9.17) is 9.47 Å². The zero-order valence-corrected chi connectivity index (χ0v) is 32.1. The van der Waals surface area contributed by atoms with Gasteiger partial charge in [0, 0.05) is 13.1 Å². The van der Waals surface area contributed by atoms with Crippen LogP contribution < -0.4 is 10.6 Å². The van der Waals surface area contributed by atoms with Crippen molar-refractivity contribution in [3.05, 3.63) is 35.9 Å². The molecule has 0 aromatic heterocycles. The van der Waals surface area contributed by atoms with Gasteiger partial charge < -0.3 is 35.4 Å². The number of aliphatic hydroxyl groups is 3. The molecule has 1 aromatic carbocycles. The number of unbranched alkanes of at least 4 members (excludes halogenated alkanes) is 20. The van der Waals surface area contributed by atoms with Crippen LogP contribution in [0.2, 0.25) is 0 Å². The van der Waals surface area contributed by atoms with E-state index in [1.54, 1.807) is 0 Å². The third-order valence-electron chi connectivity index (χ3n) is 10.0. The number of aliphatic hydroxyl groups excluding tert-OH is 3. The average Bonchev–Trinajstić information content (AvgIpc) is 3.14. The summed E-state index contributed by atoms with van der Waals surface area (Å²) >= 11 is 0. The second kappa shape index (κ2) is 29.1. The first-order valence-electron chi connectivity index (χ1n) is 20.6. The summed E-state index contributed by atoms with van der Waals surface area (Å²) in [6.07, 6.45) is 20.2. The lowest BCUT2D eigenvalue weighted by Crippen LogP contribution is -2.69. The van der Waals surface area contributed by atoms with Crippen molar-refractivity contribution >= 4 is 12.1 Å². The number of hydrogen-bond donors (Lipinski definition) is 5. The fourth-order valence-electron chi connectivity index (χ4n) is 6.80. The summed E-state index contributed by atoms with van der Waals surface area (Å²) in [6.45, 7) is 4.79. The predicted octanol–water partition coefficient (Wildman–Crippen LogP) is 8.35. The van der Waals surface area contributed by atoms with Crippen LogP contribution in [-0.4, -0.2) is 82.6 Å². The summed E-state index contributed by atoms with van der Waals surface area (Å²) in [7, 11) is 0. The number of nitrogens with zero attached hydrogens (tertiary/aromatic N) is 1. The topological polar surface area (TPSA) is 141 Å². The van der Waals surface area contributed by atoms with Gasteiger partial charge >= 0.3 is 12.1 Å². The van der Waals surface area contributed by atoms with Crippen molar-refractivity contribution in [2.45, 2.75) is 192 Å². The van der Waals surface area contributed by atoms with Gasteiger partial charge in [-0.2, -0.15) is 0 Å². The highest BCUT2D eigenvalue weighted by Gasteiger charge is 2.48. The van der Waals surface area contributed by atoms with E-state index in [0.717, 1.165) is 50.5 Å².